The van der Waals surface area contributed by atoms with Gasteiger partial charge in [0, 0.05) is 0 Å². The average Bonchev–Trinajstić information content (AvgIpc) is 2.94. The first-order valence-corrected chi connectivity index (χ1v) is 10.8. The molecule has 0 amide bonds. The maximum atomic E-state index is 2.50. The Morgan fingerprint density at radius 1 is 1.16 bits per heavy atom. The van der Waals surface area contributed by atoms with Gasteiger partial charge in [-0.3, -0.25) is 0 Å². The van der Waals surface area contributed by atoms with Crippen LogP contribution in [0.2, 0.25) is 25.5 Å². The maximum Gasteiger partial charge on any atom is 0.161 e. The summed E-state index contributed by atoms with van der Waals surface area (Å²) in [5.74, 6) is 1.26. The van der Waals surface area contributed by atoms with Crippen LogP contribution in [0.3, 0.4) is 0 Å². The average molecular weight is 265 g/mol. The van der Waals surface area contributed by atoms with Crippen molar-refractivity contribution in [2.24, 2.45) is 0 Å². The molecular weight excluding hydrogens is 243 g/mol. The van der Waals surface area contributed by atoms with E-state index in [4.69, 9.17) is 0 Å². The Morgan fingerprint density at radius 3 is 2.58 bits per heavy atom. The van der Waals surface area contributed by atoms with Gasteiger partial charge >= 0.3 is 0 Å². The van der Waals surface area contributed by atoms with Gasteiger partial charge in [-0.25, -0.2) is 0 Å². The predicted molar refractivity (Wildman–Crippen MR) is 88.1 cm³/mol. The summed E-state index contributed by atoms with van der Waals surface area (Å²) in [6.07, 6.45) is 5.94. The summed E-state index contributed by atoms with van der Waals surface area (Å²) in [6, 6.07) is 8.90. The third-order valence-electron chi connectivity index (χ3n) is 4.56. The van der Waals surface area contributed by atoms with E-state index in [-0.39, 0.29) is 0 Å². The lowest BCUT2D eigenvalue weighted by Crippen LogP contribution is -2.25. The van der Waals surface area contributed by atoms with Crippen LogP contribution in [0.4, 0.5) is 0 Å². The topological polar surface area (TPSA) is 0 Å². The number of rotatable bonds is 2. The molecule has 0 spiro atoms. The number of allylic oxidation sites excluding steroid dienone is 4. The molecule has 0 aromatic heterocycles. The molecule has 19 heavy (non-hydrogen) atoms. The van der Waals surface area contributed by atoms with Crippen molar-refractivity contribution in [3.8, 4) is 0 Å². The van der Waals surface area contributed by atoms with Crippen LogP contribution in [0.25, 0.3) is 0 Å². The molecule has 2 atom stereocenters. The second-order valence-corrected chi connectivity index (χ2v) is 11.9. The SMILES string of the molecule is CC1c2ccccc2[B]C1C1=C([Si](C)(C)C)C=CC1. The Balaban J connectivity index is 1.98. The van der Waals surface area contributed by atoms with Crippen LogP contribution in [0.1, 0.15) is 24.8 Å². The van der Waals surface area contributed by atoms with E-state index in [1.54, 1.807) is 10.8 Å². The van der Waals surface area contributed by atoms with Crippen molar-refractivity contribution in [2.45, 2.75) is 44.7 Å². The summed E-state index contributed by atoms with van der Waals surface area (Å²) in [7, 11) is 1.29. The first kappa shape index (κ1) is 13.0. The standard InChI is InChI=1S/C17H22BSi/c1-12-13-8-5-6-10-15(13)18-17(12)14-9-7-11-16(14)19(2,3)4/h5-8,10-12,17H,9H2,1-4H3. The molecule has 1 aromatic carbocycles. The summed E-state index contributed by atoms with van der Waals surface area (Å²) >= 11 is 0. The fourth-order valence-corrected chi connectivity index (χ4v) is 5.43. The van der Waals surface area contributed by atoms with Crippen molar-refractivity contribution in [2.75, 3.05) is 0 Å². The van der Waals surface area contributed by atoms with E-state index in [0.29, 0.717) is 11.7 Å². The number of hydrogen-bond acceptors (Lipinski definition) is 0. The van der Waals surface area contributed by atoms with E-state index in [1.807, 2.05) is 0 Å². The van der Waals surface area contributed by atoms with Crippen molar-refractivity contribution in [1.82, 2.24) is 0 Å². The summed E-state index contributed by atoms with van der Waals surface area (Å²) in [5.41, 5.74) is 4.68. The molecule has 0 fully saturated rings. The van der Waals surface area contributed by atoms with E-state index in [0.717, 1.165) is 0 Å². The molecule has 0 N–H and O–H groups in total. The number of benzene rings is 1. The fourth-order valence-electron chi connectivity index (χ4n) is 3.58. The highest BCUT2D eigenvalue weighted by atomic mass is 28.3. The van der Waals surface area contributed by atoms with Crippen LogP contribution < -0.4 is 5.46 Å². The van der Waals surface area contributed by atoms with Crippen molar-refractivity contribution in [3.05, 3.63) is 52.8 Å². The lowest BCUT2D eigenvalue weighted by atomic mass is 9.59. The zero-order valence-electron chi connectivity index (χ0n) is 12.4. The Labute approximate surface area is 118 Å². The molecule has 0 saturated heterocycles. The van der Waals surface area contributed by atoms with Crippen molar-refractivity contribution < 1.29 is 0 Å². The predicted octanol–water partition coefficient (Wildman–Crippen LogP) is 4.06. The van der Waals surface area contributed by atoms with Crippen LogP contribution in [0.5, 0.6) is 0 Å². The van der Waals surface area contributed by atoms with Crippen molar-refractivity contribution >= 4 is 20.8 Å². The van der Waals surface area contributed by atoms with Crippen LogP contribution >= 0.6 is 0 Å². The third kappa shape index (κ3) is 2.16. The van der Waals surface area contributed by atoms with Gasteiger partial charge in [0.15, 0.2) is 7.28 Å². The molecule has 1 heterocycles. The van der Waals surface area contributed by atoms with E-state index >= 15 is 0 Å². The second-order valence-electron chi connectivity index (χ2n) is 6.91. The lowest BCUT2D eigenvalue weighted by molar-refractivity contribution is 0.755. The summed E-state index contributed by atoms with van der Waals surface area (Å²) in [6.45, 7) is 9.78. The molecule has 1 aromatic rings. The zero-order valence-corrected chi connectivity index (χ0v) is 13.4. The molecule has 0 saturated carbocycles. The van der Waals surface area contributed by atoms with Gasteiger partial charge in [-0.15, -0.1) is 0 Å². The van der Waals surface area contributed by atoms with Crippen molar-refractivity contribution in [1.29, 1.82) is 0 Å². The smallest absolute Gasteiger partial charge is 0.0837 e. The Kier molecular flexibility index (Phi) is 3.09. The van der Waals surface area contributed by atoms with Crippen LogP contribution in [0, 0.1) is 0 Å². The summed E-state index contributed by atoms with van der Waals surface area (Å²) in [5, 5.41) is 1.69. The number of hydrogen-bond donors (Lipinski definition) is 0. The fraction of sp³-hybridized carbons (Fsp3) is 0.412. The minimum Gasteiger partial charge on any atom is -0.0837 e. The van der Waals surface area contributed by atoms with Gasteiger partial charge in [-0.1, -0.05) is 84.8 Å². The molecule has 0 nitrogen and oxygen atoms in total. The van der Waals surface area contributed by atoms with Gasteiger partial charge in [-0.2, -0.15) is 0 Å². The van der Waals surface area contributed by atoms with Gasteiger partial charge in [0.05, 0.1) is 8.07 Å². The monoisotopic (exact) mass is 265 g/mol. The van der Waals surface area contributed by atoms with Gasteiger partial charge in [-0.05, 0) is 18.2 Å². The molecule has 0 bridgehead atoms. The number of fused-ring (bicyclic) bond motifs is 1. The largest absolute Gasteiger partial charge is 0.161 e. The summed E-state index contributed by atoms with van der Waals surface area (Å²) in [4.78, 5) is 0. The third-order valence-corrected chi connectivity index (χ3v) is 6.67. The second kappa shape index (κ2) is 4.52. The molecule has 97 valence electrons. The van der Waals surface area contributed by atoms with Crippen LogP contribution in [-0.4, -0.2) is 15.4 Å². The van der Waals surface area contributed by atoms with E-state index < -0.39 is 8.07 Å². The van der Waals surface area contributed by atoms with Gasteiger partial charge in [0.25, 0.3) is 0 Å². The first-order chi connectivity index (χ1) is 8.98. The Hall–Kier alpha value is -1.02. The van der Waals surface area contributed by atoms with Gasteiger partial charge in [0.2, 0.25) is 0 Å². The quantitative estimate of drug-likeness (QED) is 0.707. The van der Waals surface area contributed by atoms with E-state index in [2.05, 4.69) is 70.3 Å². The highest BCUT2D eigenvalue weighted by Crippen LogP contribution is 2.44. The molecule has 2 aliphatic rings. The highest BCUT2D eigenvalue weighted by Gasteiger charge is 2.35. The van der Waals surface area contributed by atoms with Gasteiger partial charge < -0.3 is 0 Å². The normalized spacial score (nSPS) is 25.7. The Morgan fingerprint density at radius 2 is 1.89 bits per heavy atom. The highest BCUT2D eigenvalue weighted by molar-refractivity contribution is 6.84. The summed E-state index contributed by atoms with van der Waals surface area (Å²) < 4.78 is 0. The lowest BCUT2D eigenvalue weighted by Gasteiger charge is -2.25. The molecule has 3 rings (SSSR count). The van der Waals surface area contributed by atoms with E-state index in [1.165, 1.54) is 17.4 Å². The van der Waals surface area contributed by atoms with Crippen molar-refractivity contribution in [3.63, 3.8) is 0 Å². The molecule has 1 aliphatic carbocycles. The maximum absolute atomic E-state index is 2.50. The zero-order chi connectivity index (χ0) is 13.6. The van der Waals surface area contributed by atoms with Gasteiger partial charge in [0.1, 0.15) is 0 Å². The minimum absolute atomic E-state index is 0.620. The minimum atomic E-state index is -1.21. The molecular formula is C17H22BSi. The molecule has 2 unspecified atom stereocenters. The molecule has 1 aliphatic heterocycles. The Bertz CT molecular complexity index is 563. The molecule has 2 heteroatoms. The van der Waals surface area contributed by atoms with Crippen LogP contribution in [-0.2, 0) is 0 Å². The van der Waals surface area contributed by atoms with Crippen LogP contribution in [0.15, 0.2) is 47.2 Å². The van der Waals surface area contributed by atoms with E-state index in [9.17, 15) is 0 Å². The molecule has 1 radical (unpaired) electrons. The first-order valence-electron chi connectivity index (χ1n) is 7.32.